The molecule has 2 heteroatoms. The zero-order valence-electron chi connectivity index (χ0n) is 12.7. The first-order chi connectivity index (χ1) is 8.31. The summed E-state index contributed by atoms with van der Waals surface area (Å²) >= 11 is 0. The van der Waals surface area contributed by atoms with Crippen LogP contribution in [0.25, 0.3) is 0 Å². The molecular weight excluding hydrogens is 222 g/mol. The summed E-state index contributed by atoms with van der Waals surface area (Å²) in [7, 11) is 0. The van der Waals surface area contributed by atoms with Gasteiger partial charge in [-0.3, -0.25) is 0 Å². The molecule has 0 aromatic rings. The minimum Gasteiger partial charge on any atom is -0.374 e. The maximum absolute atomic E-state index is 6.44. The number of hydrogen-bond donors (Lipinski definition) is 1. The average molecular weight is 253 g/mol. The first-order valence-electron chi connectivity index (χ1n) is 7.35. The van der Waals surface area contributed by atoms with Gasteiger partial charge in [0.15, 0.2) is 0 Å². The highest BCUT2D eigenvalue weighted by Crippen LogP contribution is 2.44. The van der Waals surface area contributed by atoms with E-state index in [1.165, 1.54) is 18.4 Å². The van der Waals surface area contributed by atoms with E-state index in [4.69, 9.17) is 10.5 Å². The van der Waals surface area contributed by atoms with Crippen LogP contribution in [0.3, 0.4) is 0 Å². The van der Waals surface area contributed by atoms with Gasteiger partial charge in [0.05, 0.1) is 5.60 Å². The zero-order valence-corrected chi connectivity index (χ0v) is 12.7. The van der Waals surface area contributed by atoms with Crippen LogP contribution in [-0.2, 0) is 4.74 Å². The van der Waals surface area contributed by atoms with Gasteiger partial charge < -0.3 is 10.5 Å². The van der Waals surface area contributed by atoms with Gasteiger partial charge in [-0.1, -0.05) is 19.4 Å². The third-order valence-corrected chi connectivity index (χ3v) is 4.44. The molecule has 2 N–H and O–H groups in total. The molecule has 106 valence electrons. The highest BCUT2D eigenvalue weighted by Gasteiger charge is 2.42. The Hall–Kier alpha value is -0.340. The second kappa shape index (κ2) is 6.21. The number of hydrogen-bond acceptors (Lipinski definition) is 2. The fraction of sp³-hybridized carbons (Fsp3) is 0.875. The Morgan fingerprint density at radius 3 is 2.28 bits per heavy atom. The first kappa shape index (κ1) is 15.7. The average Bonchev–Trinajstić information content (AvgIpc) is 2.29. The lowest BCUT2D eigenvalue weighted by Crippen LogP contribution is -2.53. The summed E-state index contributed by atoms with van der Waals surface area (Å²) in [6, 6.07) is 0.144. The molecule has 1 atom stereocenters. The predicted molar refractivity (Wildman–Crippen MR) is 78.6 cm³/mol. The van der Waals surface area contributed by atoms with E-state index < -0.39 is 0 Å². The van der Waals surface area contributed by atoms with Crippen molar-refractivity contribution in [3.8, 4) is 0 Å². The van der Waals surface area contributed by atoms with Gasteiger partial charge in [0.1, 0.15) is 0 Å². The van der Waals surface area contributed by atoms with Crippen molar-refractivity contribution in [2.24, 2.45) is 11.1 Å². The molecular formula is C16H31NO. The molecule has 1 saturated carbocycles. The van der Waals surface area contributed by atoms with Gasteiger partial charge >= 0.3 is 0 Å². The Kier molecular flexibility index (Phi) is 5.42. The van der Waals surface area contributed by atoms with Crippen LogP contribution < -0.4 is 5.73 Å². The van der Waals surface area contributed by atoms with Crippen molar-refractivity contribution in [1.29, 1.82) is 0 Å². The van der Waals surface area contributed by atoms with Gasteiger partial charge in [0, 0.05) is 12.6 Å². The van der Waals surface area contributed by atoms with E-state index in [1.54, 1.807) is 0 Å². The van der Waals surface area contributed by atoms with E-state index in [-0.39, 0.29) is 11.6 Å². The lowest BCUT2D eigenvalue weighted by atomic mass is 9.68. The van der Waals surface area contributed by atoms with Crippen molar-refractivity contribution >= 4 is 0 Å². The van der Waals surface area contributed by atoms with Gasteiger partial charge in [-0.25, -0.2) is 0 Å². The Bertz CT molecular complexity index is 273. The predicted octanol–water partition coefficient (Wildman–Crippen LogP) is 4.05. The Morgan fingerprint density at radius 2 is 1.83 bits per heavy atom. The number of rotatable bonds is 6. The summed E-state index contributed by atoms with van der Waals surface area (Å²) in [5.41, 5.74) is 8.03. The third kappa shape index (κ3) is 4.10. The first-order valence-corrected chi connectivity index (χ1v) is 7.35. The van der Waals surface area contributed by atoms with E-state index in [2.05, 4.69) is 34.3 Å². The molecule has 0 saturated heterocycles. The van der Waals surface area contributed by atoms with Crippen molar-refractivity contribution in [2.75, 3.05) is 6.61 Å². The van der Waals surface area contributed by atoms with Crippen LogP contribution in [-0.4, -0.2) is 18.2 Å². The lowest BCUT2D eigenvalue weighted by Gasteiger charge is -2.46. The van der Waals surface area contributed by atoms with E-state index >= 15 is 0 Å². The summed E-state index contributed by atoms with van der Waals surface area (Å²) in [4.78, 5) is 0. The van der Waals surface area contributed by atoms with Crippen LogP contribution in [0.4, 0.5) is 0 Å². The Morgan fingerprint density at radius 1 is 1.28 bits per heavy atom. The van der Waals surface area contributed by atoms with Crippen molar-refractivity contribution in [3.05, 3.63) is 12.2 Å². The highest BCUT2D eigenvalue weighted by atomic mass is 16.5. The molecule has 0 amide bonds. The van der Waals surface area contributed by atoms with Gasteiger partial charge in [0.2, 0.25) is 0 Å². The molecule has 2 nitrogen and oxygen atoms in total. The maximum atomic E-state index is 6.44. The minimum atomic E-state index is -0.0836. The van der Waals surface area contributed by atoms with Crippen LogP contribution >= 0.6 is 0 Å². The van der Waals surface area contributed by atoms with E-state index in [0.717, 1.165) is 32.3 Å². The van der Waals surface area contributed by atoms with E-state index in [0.29, 0.717) is 5.41 Å². The number of allylic oxidation sites excluding steroid dienone is 1. The normalized spacial score (nSPS) is 23.6. The van der Waals surface area contributed by atoms with Crippen LogP contribution in [0.1, 0.15) is 66.2 Å². The van der Waals surface area contributed by atoms with Crippen LogP contribution in [0.15, 0.2) is 12.2 Å². The minimum absolute atomic E-state index is 0.0836. The molecule has 0 aromatic carbocycles. The van der Waals surface area contributed by atoms with Gasteiger partial charge in [0.25, 0.3) is 0 Å². The molecule has 0 bridgehead atoms. The third-order valence-electron chi connectivity index (χ3n) is 4.44. The molecule has 0 aromatic heterocycles. The van der Waals surface area contributed by atoms with Gasteiger partial charge in [-0.05, 0) is 57.8 Å². The monoisotopic (exact) mass is 253 g/mol. The summed E-state index contributed by atoms with van der Waals surface area (Å²) in [5, 5.41) is 0. The van der Waals surface area contributed by atoms with E-state index in [1.807, 2.05) is 0 Å². The zero-order chi connectivity index (χ0) is 13.8. The maximum Gasteiger partial charge on any atom is 0.0833 e. The molecule has 1 aliphatic carbocycles. The Balaban J connectivity index is 2.66. The summed E-state index contributed by atoms with van der Waals surface area (Å²) < 4.78 is 6.10. The summed E-state index contributed by atoms with van der Waals surface area (Å²) in [5.74, 6) is 0. The quantitative estimate of drug-likeness (QED) is 0.725. The van der Waals surface area contributed by atoms with Crippen LogP contribution in [0.5, 0.6) is 0 Å². The van der Waals surface area contributed by atoms with Crippen molar-refractivity contribution in [2.45, 2.75) is 77.9 Å². The fourth-order valence-electron chi connectivity index (χ4n) is 2.92. The molecule has 1 fully saturated rings. The van der Waals surface area contributed by atoms with Crippen molar-refractivity contribution in [3.63, 3.8) is 0 Å². The highest BCUT2D eigenvalue weighted by molar-refractivity contribution is 4.99. The molecule has 18 heavy (non-hydrogen) atoms. The van der Waals surface area contributed by atoms with Crippen LogP contribution in [0, 0.1) is 5.41 Å². The molecule has 1 rings (SSSR count). The second-order valence-corrected chi connectivity index (χ2v) is 6.76. The van der Waals surface area contributed by atoms with Crippen LogP contribution in [0.2, 0.25) is 0 Å². The van der Waals surface area contributed by atoms with Gasteiger partial charge in [-0.2, -0.15) is 0 Å². The number of nitrogens with two attached hydrogens (primary N) is 1. The SMILES string of the molecule is C=C(C)CCC(N)C1(OCC)CCC(C)(C)CC1. The largest absolute Gasteiger partial charge is 0.374 e. The lowest BCUT2D eigenvalue weighted by molar-refractivity contribution is -0.100. The topological polar surface area (TPSA) is 35.2 Å². The molecule has 1 unspecified atom stereocenters. The Labute approximate surface area is 113 Å². The van der Waals surface area contributed by atoms with Crippen molar-refractivity contribution in [1.82, 2.24) is 0 Å². The summed E-state index contributed by atoms with van der Waals surface area (Å²) in [6.07, 6.45) is 6.65. The molecule has 0 radical (unpaired) electrons. The molecule has 0 aliphatic heterocycles. The standard InChI is InChI=1S/C16H31NO/c1-6-18-16(14(17)8-7-13(2)3)11-9-15(4,5)10-12-16/h14H,2,6-12,17H2,1,3-5H3. The number of ether oxygens (including phenoxy) is 1. The van der Waals surface area contributed by atoms with Crippen molar-refractivity contribution < 1.29 is 4.74 Å². The second-order valence-electron chi connectivity index (χ2n) is 6.76. The summed E-state index contributed by atoms with van der Waals surface area (Å²) in [6.45, 7) is 13.6. The smallest absolute Gasteiger partial charge is 0.0833 e. The fourth-order valence-corrected chi connectivity index (χ4v) is 2.92. The molecule has 0 spiro atoms. The van der Waals surface area contributed by atoms with E-state index in [9.17, 15) is 0 Å². The molecule has 0 heterocycles. The van der Waals surface area contributed by atoms with Gasteiger partial charge in [-0.15, -0.1) is 6.58 Å². The molecule has 1 aliphatic rings.